The Morgan fingerprint density at radius 3 is 2.60 bits per heavy atom. The Hall–Kier alpha value is -2.04. The summed E-state index contributed by atoms with van der Waals surface area (Å²) in [5, 5.41) is 0.696. The Bertz CT molecular complexity index is 727. The van der Waals surface area contributed by atoms with Crippen molar-refractivity contribution in [1.29, 1.82) is 0 Å². The van der Waals surface area contributed by atoms with Gasteiger partial charge in [0.15, 0.2) is 0 Å². The van der Waals surface area contributed by atoms with Crippen LogP contribution in [0.1, 0.15) is 24.0 Å². The predicted molar refractivity (Wildman–Crippen MR) is 99.7 cm³/mol. The van der Waals surface area contributed by atoms with Crippen molar-refractivity contribution in [2.75, 3.05) is 13.1 Å². The fourth-order valence-corrected chi connectivity index (χ4v) is 3.19. The number of benzene rings is 2. The molecule has 1 fully saturated rings. The molecule has 2 aromatic carbocycles. The minimum Gasteiger partial charge on any atom is -0.489 e. The van der Waals surface area contributed by atoms with Crippen LogP contribution in [0.25, 0.3) is 0 Å². The van der Waals surface area contributed by atoms with Crippen molar-refractivity contribution in [3.8, 4) is 5.75 Å². The molecule has 1 heterocycles. The van der Waals surface area contributed by atoms with Gasteiger partial charge in [0.25, 0.3) is 0 Å². The number of nitrogens with two attached hydrogens (primary N) is 1. The number of hydrogen-bond acceptors (Lipinski definition) is 3. The van der Waals surface area contributed by atoms with Crippen LogP contribution in [0.4, 0.5) is 0 Å². The van der Waals surface area contributed by atoms with E-state index in [4.69, 9.17) is 22.1 Å². The first-order valence-corrected chi connectivity index (χ1v) is 8.97. The van der Waals surface area contributed by atoms with E-state index in [1.807, 2.05) is 53.4 Å². The van der Waals surface area contributed by atoms with Gasteiger partial charge in [-0.3, -0.25) is 4.79 Å². The molecular weight excluding hydrogens is 336 g/mol. The summed E-state index contributed by atoms with van der Waals surface area (Å²) >= 11 is 5.99. The number of piperidine rings is 1. The number of rotatable bonds is 5. The highest BCUT2D eigenvalue weighted by molar-refractivity contribution is 6.30. The monoisotopic (exact) mass is 358 g/mol. The second-order valence-corrected chi connectivity index (χ2v) is 6.90. The average molecular weight is 359 g/mol. The molecule has 25 heavy (non-hydrogen) atoms. The maximum atomic E-state index is 12.4. The van der Waals surface area contributed by atoms with E-state index in [1.54, 1.807) is 0 Å². The van der Waals surface area contributed by atoms with Gasteiger partial charge in [0.2, 0.25) is 5.91 Å². The van der Waals surface area contributed by atoms with E-state index in [2.05, 4.69) is 0 Å². The van der Waals surface area contributed by atoms with Gasteiger partial charge in [0.1, 0.15) is 12.4 Å². The molecule has 2 N–H and O–H groups in total. The van der Waals surface area contributed by atoms with Crippen LogP contribution in [0.2, 0.25) is 5.02 Å². The van der Waals surface area contributed by atoms with Gasteiger partial charge in [-0.2, -0.15) is 0 Å². The van der Waals surface area contributed by atoms with Gasteiger partial charge in [-0.25, -0.2) is 0 Å². The van der Waals surface area contributed by atoms with Gasteiger partial charge in [-0.1, -0.05) is 35.9 Å². The number of ether oxygens (including phenoxy) is 1. The third kappa shape index (κ3) is 5.21. The molecule has 4 nitrogen and oxygen atoms in total. The second kappa shape index (κ2) is 8.37. The van der Waals surface area contributed by atoms with Gasteiger partial charge in [0.05, 0.1) is 6.42 Å². The molecule has 0 spiro atoms. The first-order valence-electron chi connectivity index (χ1n) is 8.60. The van der Waals surface area contributed by atoms with Crippen LogP contribution in [0.3, 0.4) is 0 Å². The zero-order chi connectivity index (χ0) is 17.6. The first-order chi connectivity index (χ1) is 12.1. The lowest BCUT2D eigenvalue weighted by molar-refractivity contribution is -0.131. The number of nitrogens with zero attached hydrogens (tertiary/aromatic N) is 1. The number of amides is 1. The summed E-state index contributed by atoms with van der Waals surface area (Å²) < 4.78 is 5.83. The largest absolute Gasteiger partial charge is 0.489 e. The molecule has 0 aromatic heterocycles. The molecule has 0 saturated carbocycles. The number of likely N-dealkylation sites (tertiary alicyclic amines) is 1. The van der Waals surface area contributed by atoms with Crippen molar-refractivity contribution in [2.45, 2.75) is 31.9 Å². The van der Waals surface area contributed by atoms with E-state index in [9.17, 15) is 4.79 Å². The number of hydrogen-bond donors (Lipinski definition) is 1. The van der Waals surface area contributed by atoms with E-state index in [0.717, 1.165) is 42.8 Å². The molecule has 132 valence electrons. The fraction of sp³-hybridized carbons (Fsp3) is 0.350. The van der Waals surface area contributed by atoms with Crippen LogP contribution < -0.4 is 10.5 Å². The highest BCUT2D eigenvalue weighted by Crippen LogP contribution is 2.18. The van der Waals surface area contributed by atoms with Crippen LogP contribution in [0.15, 0.2) is 48.5 Å². The standard InChI is InChI=1S/C20H23ClN2O2/c21-17-5-1-4-16(11-17)14-25-19-6-2-3-15(12-19)13-20(24)23-9-7-18(22)8-10-23/h1-6,11-12,18H,7-10,13-14,22H2. The Morgan fingerprint density at radius 2 is 1.84 bits per heavy atom. The molecule has 1 saturated heterocycles. The van der Waals surface area contributed by atoms with Crippen molar-refractivity contribution >= 4 is 17.5 Å². The van der Waals surface area contributed by atoms with Crippen LogP contribution in [-0.4, -0.2) is 29.9 Å². The van der Waals surface area contributed by atoms with Crippen molar-refractivity contribution in [2.24, 2.45) is 5.73 Å². The van der Waals surface area contributed by atoms with Gasteiger partial charge >= 0.3 is 0 Å². The minimum absolute atomic E-state index is 0.152. The van der Waals surface area contributed by atoms with Crippen LogP contribution >= 0.6 is 11.6 Å². The molecule has 0 atom stereocenters. The molecule has 0 aliphatic carbocycles. The van der Waals surface area contributed by atoms with Gasteiger partial charge in [-0.15, -0.1) is 0 Å². The smallest absolute Gasteiger partial charge is 0.226 e. The maximum Gasteiger partial charge on any atom is 0.226 e. The maximum absolute atomic E-state index is 12.4. The van der Waals surface area contributed by atoms with Gasteiger partial charge in [0, 0.05) is 24.2 Å². The molecule has 0 bridgehead atoms. The third-order valence-electron chi connectivity index (χ3n) is 4.44. The first kappa shape index (κ1) is 17.8. The lowest BCUT2D eigenvalue weighted by Crippen LogP contribution is -2.43. The summed E-state index contributed by atoms with van der Waals surface area (Å²) in [5.41, 5.74) is 7.87. The second-order valence-electron chi connectivity index (χ2n) is 6.46. The summed E-state index contributed by atoms with van der Waals surface area (Å²) in [4.78, 5) is 14.3. The third-order valence-corrected chi connectivity index (χ3v) is 4.68. The zero-order valence-electron chi connectivity index (χ0n) is 14.2. The van der Waals surface area contributed by atoms with E-state index in [-0.39, 0.29) is 11.9 Å². The van der Waals surface area contributed by atoms with E-state index < -0.39 is 0 Å². The molecule has 5 heteroatoms. The van der Waals surface area contributed by atoms with Crippen LogP contribution in [-0.2, 0) is 17.8 Å². The van der Waals surface area contributed by atoms with Crippen LogP contribution in [0, 0.1) is 0 Å². The molecular formula is C20H23ClN2O2. The highest BCUT2D eigenvalue weighted by atomic mass is 35.5. The highest BCUT2D eigenvalue weighted by Gasteiger charge is 2.20. The molecule has 3 rings (SSSR count). The van der Waals surface area contributed by atoms with Crippen molar-refractivity contribution < 1.29 is 9.53 Å². The average Bonchev–Trinajstić information content (AvgIpc) is 2.61. The van der Waals surface area contributed by atoms with Gasteiger partial charge < -0.3 is 15.4 Å². The molecule has 0 radical (unpaired) electrons. The molecule has 1 aliphatic heterocycles. The Balaban J connectivity index is 1.56. The van der Waals surface area contributed by atoms with Crippen molar-refractivity contribution in [1.82, 2.24) is 4.90 Å². The number of carbonyl (C=O) groups excluding carboxylic acids is 1. The minimum atomic E-state index is 0.152. The van der Waals surface area contributed by atoms with E-state index >= 15 is 0 Å². The topological polar surface area (TPSA) is 55.6 Å². The predicted octanol–water partition coefficient (Wildman–Crippen LogP) is 3.41. The zero-order valence-corrected chi connectivity index (χ0v) is 14.9. The molecule has 2 aromatic rings. The summed E-state index contributed by atoms with van der Waals surface area (Å²) in [6.45, 7) is 1.96. The summed E-state index contributed by atoms with van der Waals surface area (Å²) in [7, 11) is 0. The quantitative estimate of drug-likeness (QED) is 0.891. The SMILES string of the molecule is NC1CCN(C(=O)Cc2cccc(OCc3cccc(Cl)c3)c2)CC1. The summed E-state index contributed by atoms with van der Waals surface area (Å²) in [6, 6.07) is 15.5. The van der Waals surface area contributed by atoms with E-state index in [1.165, 1.54) is 0 Å². The molecule has 0 unspecified atom stereocenters. The number of halogens is 1. The normalized spacial score (nSPS) is 15.2. The van der Waals surface area contributed by atoms with Crippen molar-refractivity contribution in [3.63, 3.8) is 0 Å². The fourth-order valence-electron chi connectivity index (χ4n) is 2.97. The Kier molecular flexibility index (Phi) is 5.95. The summed E-state index contributed by atoms with van der Waals surface area (Å²) in [6.07, 6.45) is 2.16. The number of carbonyl (C=O) groups is 1. The van der Waals surface area contributed by atoms with Crippen molar-refractivity contribution in [3.05, 3.63) is 64.7 Å². The van der Waals surface area contributed by atoms with E-state index in [0.29, 0.717) is 18.1 Å². The lowest BCUT2D eigenvalue weighted by atomic mass is 10.0. The Labute approximate surface area is 153 Å². The van der Waals surface area contributed by atoms with Crippen LogP contribution in [0.5, 0.6) is 5.75 Å². The Morgan fingerprint density at radius 1 is 1.12 bits per heavy atom. The molecule has 1 aliphatic rings. The molecule has 1 amide bonds. The lowest BCUT2D eigenvalue weighted by Gasteiger charge is -2.30. The summed E-state index contributed by atoms with van der Waals surface area (Å²) in [5.74, 6) is 0.907. The van der Waals surface area contributed by atoms with Gasteiger partial charge in [-0.05, 0) is 48.2 Å².